The summed E-state index contributed by atoms with van der Waals surface area (Å²) in [6.45, 7) is 1.67. The molecule has 3 atom stereocenters. The molecule has 2 aliphatic carbocycles. The predicted octanol–water partition coefficient (Wildman–Crippen LogP) is 6.90. The molecule has 202 valence electrons. The van der Waals surface area contributed by atoms with Crippen molar-refractivity contribution in [2.24, 2.45) is 11.8 Å². The fraction of sp³-hybridized carbons (Fsp3) is 0.286. The van der Waals surface area contributed by atoms with Gasteiger partial charge in [0.1, 0.15) is 18.0 Å². The van der Waals surface area contributed by atoms with Crippen LogP contribution in [0.2, 0.25) is 0 Å². The topological polar surface area (TPSA) is 63.8 Å². The third-order valence-electron chi connectivity index (χ3n) is 7.70. The first-order valence-electron chi connectivity index (χ1n) is 12.1. The molecule has 0 saturated heterocycles. The van der Waals surface area contributed by atoms with Gasteiger partial charge in [0.15, 0.2) is 5.69 Å². The van der Waals surface area contributed by atoms with Gasteiger partial charge in [0.25, 0.3) is 0 Å². The highest BCUT2D eigenvalue weighted by atomic mass is 19.4. The lowest BCUT2D eigenvalue weighted by Crippen LogP contribution is -2.09. The van der Waals surface area contributed by atoms with Gasteiger partial charge in [-0.25, -0.2) is 4.98 Å². The van der Waals surface area contributed by atoms with Gasteiger partial charge in [0.2, 0.25) is 0 Å². The van der Waals surface area contributed by atoms with Crippen LogP contribution in [0, 0.1) is 18.8 Å². The van der Waals surface area contributed by atoms with E-state index in [2.05, 4.69) is 4.98 Å². The van der Waals surface area contributed by atoms with E-state index in [9.17, 15) is 36.2 Å². The van der Waals surface area contributed by atoms with Gasteiger partial charge >= 0.3 is 18.3 Å². The van der Waals surface area contributed by atoms with Crippen LogP contribution in [0.25, 0.3) is 16.9 Å². The molecule has 0 spiro atoms. The zero-order valence-electron chi connectivity index (χ0n) is 20.3. The number of rotatable bonds is 5. The predicted molar refractivity (Wildman–Crippen MR) is 127 cm³/mol. The maximum Gasteiger partial charge on any atom is 0.435 e. The van der Waals surface area contributed by atoms with E-state index in [-0.39, 0.29) is 35.6 Å². The normalized spacial score (nSPS) is 20.1. The summed E-state index contributed by atoms with van der Waals surface area (Å²) in [5, 5.41) is 9.29. The lowest BCUT2D eigenvalue weighted by Gasteiger charge is -2.15. The number of aromatic nitrogens is 2. The van der Waals surface area contributed by atoms with Gasteiger partial charge in [-0.3, -0.25) is 9.20 Å². The van der Waals surface area contributed by atoms with Crippen molar-refractivity contribution in [1.29, 1.82) is 0 Å². The van der Waals surface area contributed by atoms with E-state index < -0.39 is 35.2 Å². The molecule has 5 nitrogen and oxygen atoms in total. The van der Waals surface area contributed by atoms with Gasteiger partial charge in [-0.05, 0) is 65.8 Å². The average molecular weight is 546 g/mol. The van der Waals surface area contributed by atoms with Crippen molar-refractivity contribution in [3.63, 3.8) is 0 Å². The number of hydrogen-bond acceptors (Lipinski definition) is 3. The van der Waals surface area contributed by atoms with Crippen molar-refractivity contribution in [2.45, 2.75) is 38.2 Å². The minimum Gasteiger partial charge on any atom is -0.489 e. The molecule has 1 fully saturated rings. The quantitative estimate of drug-likeness (QED) is 0.277. The van der Waals surface area contributed by atoms with Crippen LogP contribution in [0.5, 0.6) is 5.75 Å². The molecule has 2 aliphatic rings. The van der Waals surface area contributed by atoms with Crippen molar-refractivity contribution in [1.82, 2.24) is 9.38 Å². The van der Waals surface area contributed by atoms with Crippen LogP contribution < -0.4 is 4.74 Å². The Labute approximate surface area is 217 Å². The van der Waals surface area contributed by atoms with Crippen molar-refractivity contribution < 1.29 is 41.0 Å². The first-order chi connectivity index (χ1) is 18.3. The second kappa shape index (κ2) is 8.49. The van der Waals surface area contributed by atoms with Crippen molar-refractivity contribution in [3.8, 4) is 17.0 Å². The van der Waals surface area contributed by atoms with Crippen molar-refractivity contribution in [2.75, 3.05) is 0 Å². The lowest BCUT2D eigenvalue weighted by atomic mass is 9.99. The fourth-order valence-electron chi connectivity index (χ4n) is 5.75. The molecule has 39 heavy (non-hydrogen) atoms. The molecule has 2 heterocycles. The van der Waals surface area contributed by atoms with Gasteiger partial charge in [0, 0.05) is 17.7 Å². The summed E-state index contributed by atoms with van der Waals surface area (Å²) in [5.41, 5.74) is 0.0923. The molecule has 0 bridgehead atoms. The number of fused-ring (bicyclic) bond motifs is 4. The maximum atomic E-state index is 14.0. The highest BCUT2D eigenvalue weighted by molar-refractivity contribution is 5.78. The van der Waals surface area contributed by atoms with Gasteiger partial charge in [-0.1, -0.05) is 24.3 Å². The van der Waals surface area contributed by atoms with E-state index in [0.717, 1.165) is 27.8 Å². The Morgan fingerprint density at radius 1 is 1.08 bits per heavy atom. The smallest absolute Gasteiger partial charge is 0.435 e. The van der Waals surface area contributed by atoms with E-state index in [0.29, 0.717) is 29.4 Å². The summed E-state index contributed by atoms with van der Waals surface area (Å²) in [6.07, 6.45) is -8.02. The molecule has 6 rings (SSSR count). The van der Waals surface area contributed by atoms with E-state index >= 15 is 0 Å². The minimum absolute atomic E-state index is 0.0333. The Kier molecular flexibility index (Phi) is 5.50. The monoisotopic (exact) mass is 546 g/mol. The Morgan fingerprint density at radius 3 is 2.54 bits per heavy atom. The van der Waals surface area contributed by atoms with Crippen LogP contribution in [0.1, 0.15) is 39.4 Å². The number of hydrogen-bond donors (Lipinski definition) is 1. The molecular weight excluding hydrogens is 526 g/mol. The summed E-state index contributed by atoms with van der Waals surface area (Å²) >= 11 is 0. The number of alkyl halides is 6. The molecule has 1 saturated carbocycles. The number of pyridine rings is 1. The fourth-order valence-corrected chi connectivity index (χ4v) is 5.75. The number of benzene rings is 2. The van der Waals surface area contributed by atoms with Gasteiger partial charge < -0.3 is 9.84 Å². The van der Waals surface area contributed by atoms with Crippen LogP contribution in [-0.2, 0) is 30.2 Å². The Balaban J connectivity index is 1.31. The average Bonchev–Trinajstić information content (AvgIpc) is 3.24. The number of carboxylic acid groups (broad SMARTS) is 1. The summed E-state index contributed by atoms with van der Waals surface area (Å²) in [6, 6.07) is 11.5. The molecule has 0 unspecified atom stereocenters. The Morgan fingerprint density at radius 2 is 1.85 bits per heavy atom. The molecular formula is C28H20F6N2O3. The second-order valence-corrected chi connectivity index (χ2v) is 9.94. The van der Waals surface area contributed by atoms with E-state index in [1.54, 1.807) is 25.1 Å². The molecule has 0 amide bonds. The zero-order valence-corrected chi connectivity index (χ0v) is 20.3. The van der Waals surface area contributed by atoms with E-state index in [1.807, 2.05) is 12.1 Å². The number of imidazole rings is 1. The number of aliphatic carboxylic acids is 1. The van der Waals surface area contributed by atoms with E-state index in [1.165, 1.54) is 6.07 Å². The Hall–Kier alpha value is -4.02. The molecule has 0 aliphatic heterocycles. The van der Waals surface area contributed by atoms with Crippen LogP contribution >= 0.6 is 0 Å². The maximum absolute atomic E-state index is 14.0. The third kappa shape index (κ3) is 4.20. The van der Waals surface area contributed by atoms with Crippen molar-refractivity contribution >= 4 is 11.6 Å². The molecule has 11 heteroatoms. The van der Waals surface area contributed by atoms with Crippen LogP contribution in [0.15, 0.2) is 54.7 Å². The standard InChI is InChI=1S/C28H20F6N2O3/c1-13-14(12-39-17-5-6-19-15(9-17)10-20-22(19)23(20)26(37)38)3-2-4-18(13)24-25(28(32,33)34)35-21-11-16(27(29,30)31)7-8-36(21)24/h2-9,11,20,22-23H,10,12H2,1H3,(H,37,38)/t20-,22+,23+/m1/s1. The van der Waals surface area contributed by atoms with Crippen molar-refractivity contribution in [3.05, 3.63) is 88.2 Å². The third-order valence-corrected chi connectivity index (χ3v) is 7.70. The first-order valence-corrected chi connectivity index (χ1v) is 12.1. The summed E-state index contributed by atoms with van der Waals surface area (Å²) in [7, 11) is 0. The molecule has 4 aromatic rings. The minimum atomic E-state index is -4.90. The Bertz CT molecular complexity index is 1640. The zero-order chi connectivity index (χ0) is 27.9. The highest BCUT2D eigenvalue weighted by Crippen LogP contribution is 2.61. The van der Waals surface area contributed by atoms with E-state index in [4.69, 9.17) is 4.74 Å². The number of halogens is 6. The molecule has 1 N–H and O–H groups in total. The summed E-state index contributed by atoms with van der Waals surface area (Å²) in [5.74, 6) is -0.432. The molecule has 0 radical (unpaired) electrons. The summed E-state index contributed by atoms with van der Waals surface area (Å²) in [4.78, 5) is 14.8. The van der Waals surface area contributed by atoms with Gasteiger partial charge in [-0.15, -0.1) is 0 Å². The number of ether oxygens (including phenoxy) is 1. The van der Waals surface area contributed by atoms with Gasteiger partial charge in [-0.2, -0.15) is 26.3 Å². The number of nitrogens with zero attached hydrogens (tertiary/aromatic N) is 2. The number of carbonyl (C=O) groups is 1. The van der Waals surface area contributed by atoms with Crippen LogP contribution in [0.3, 0.4) is 0 Å². The second-order valence-electron chi connectivity index (χ2n) is 9.94. The highest BCUT2D eigenvalue weighted by Gasteiger charge is 2.59. The summed E-state index contributed by atoms with van der Waals surface area (Å²) < 4.78 is 88.4. The molecule has 2 aromatic heterocycles. The SMILES string of the molecule is Cc1c(COc2ccc3c(c2)C[C@H]2[C@H](C(=O)O)[C@@H]32)cccc1-c1c(C(F)(F)F)nc2cc(C(F)(F)F)ccn12. The molecule has 2 aromatic carbocycles. The largest absolute Gasteiger partial charge is 0.489 e. The lowest BCUT2D eigenvalue weighted by molar-refractivity contribution is -0.140. The van der Waals surface area contributed by atoms with Crippen LogP contribution in [-0.4, -0.2) is 20.5 Å². The number of carboxylic acids is 1. The van der Waals surface area contributed by atoms with Crippen LogP contribution in [0.4, 0.5) is 26.3 Å². The van der Waals surface area contributed by atoms with Gasteiger partial charge in [0.05, 0.1) is 17.2 Å². The first kappa shape index (κ1) is 25.3.